The fraction of sp³-hybridized carbons (Fsp3) is 0.533. The fourth-order valence-corrected chi connectivity index (χ4v) is 9.07. The minimum atomic E-state index is -1.28. The Morgan fingerprint density at radius 1 is 0.836 bits per heavy atom. The normalized spacial score (nSPS) is 22.5. The van der Waals surface area contributed by atoms with Gasteiger partial charge in [0.1, 0.15) is 12.7 Å². The third-order valence-corrected chi connectivity index (χ3v) is 11.8. The number of rotatable bonds is 13. The molecule has 3 saturated heterocycles. The number of ether oxygens (including phenoxy) is 5. The molecule has 0 aliphatic carbocycles. The number of hydrogen-bond donors (Lipinski definition) is 1. The van der Waals surface area contributed by atoms with Gasteiger partial charge in [-0.2, -0.15) is 0 Å². The van der Waals surface area contributed by atoms with E-state index >= 15 is 0 Å². The Bertz CT molecular complexity index is 2030. The molecule has 2 aromatic carbocycles. The van der Waals surface area contributed by atoms with Gasteiger partial charge in [-0.25, -0.2) is 0 Å². The summed E-state index contributed by atoms with van der Waals surface area (Å²) in [6, 6.07) is 14.3. The third-order valence-electron chi connectivity index (χ3n) is 11.8. The number of nitrogens with two attached hydrogens (primary N) is 1. The summed E-state index contributed by atoms with van der Waals surface area (Å²) in [5.41, 5.74) is 10.9. The topological polar surface area (TPSA) is 169 Å². The predicted molar refractivity (Wildman–Crippen MR) is 234 cm³/mol. The molecule has 0 bridgehead atoms. The molecule has 16 heteroatoms. The molecule has 61 heavy (non-hydrogen) atoms. The maximum Gasteiger partial charge on any atom is 0.303 e. The molecule has 2 N–H and O–H groups in total. The number of aryl methyl sites for hydroxylation is 1. The van der Waals surface area contributed by atoms with Crippen LogP contribution in [0.2, 0.25) is 0 Å². The van der Waals surface area contributed by atoms with Gasteiger partial charge in [0.2, 0.25) is 5.91 Å². The first-order valence-electron chi connectivity index (χ1n) is 20.6. The summed E-state index contributed by atoms with van der Waals surface area (Å²) < 4.78 is 30.8. The minimum Gasteiger partial charge on any atom is -0.463 e. The van der Waals surface area contributed by atoms with Crippen LogP contribution in [-0.2, 0) is 54.1 Å². The van der Waals surface area contributed by atoms with E-state index in [9.17, 15) is 24.0 Å². The van der Waals surface area contributed by atoms with E-state index in [-0.39, 0.29) is 43.9 Å². The Balaban J connectivity index is 0.00000410. The quantitative estimate of drug-likeness (QED) is 0.164. The average molecular weight is 888 g/mol. The Morgan fingerprint density at radius 2 is 1.49 bits per heavy atom. The van der Waals surface area contributed by atoms with Gasteiger partial charge in [-0.3, -0.25) is 24.0 Å². The van der Waals surface area contributed by atoms with E-state index in [0.717, 1.165) is 85.1 Å². The molecule has 3 aromatic rings. The maximum absolute atomic E-state index is 12.6. The number of halogens is 2. The van der Waals surface area contributed by atoms with Crippen molar-refractivity contribution in [3.05, 3.63) is 77.0 Å². The van der Waals surface area contributed by atoms with Gasteiger partial charge < -0.3 is 43.8 Å². The highest BCUT2D eigenvalue weighted by atomic mass is 35.5. The van der Waals surface area contributed by atoms with Crippen molar-refractivity contribution in [1.29, 1.82) is 0 Å². The van der Waals surface area contributed by atoms with Gasteiger partial charge >= 0.3 is 23.9 Å². The second-order valence-electron chi connectivity index (χ2n) is 16.2. The summed E-state index contributed by atoms with van der Waals surface area (Å²) in [5.74, 6) is -2.55. The number of fused-ring (bicyclic) bond motifs is 1. The van der Waals surface area contributed by atoms with Crippen LogP contribution in [-0.4, -0.2) is 114 Å². The monoisotopic (exact) mass is 886 g/mol. The van der Waals surface area contributed by atoms with Gasteiger partial charge in [-0.1, -0.05) is 48.6 Å². The Morgan fingerprint density at radius 3 is 2.13 bits per heavy atom. The largest absolute Gasteiger partial charge is 0.463 e. The molecule has 4 heterocycles. The first kappa shape index (κ1) is 49.2. The van der Waals surface area contributed by atoms with E-state index in [0.29, 0.717) is 11.8 Å². The molecule has 5 atom stereocenters. The van der Waals surface area contributed by atoms with Crippen molar-refractivity contribution in [3.8, 4) is 0 Å². The lowest BCUT2D eigenvalue weighted by molar-refractivity contribution is -0.267. The van der Waals surface area contributed by atoms with Crippen molar-refractivity contribution in [2.45, 2.75) is 104 Å². The zero-order chi connectivity index (χ0) is 42.3. The van der Waals surface area contributed by atoms with Gasteiger partial charge in [-0.05, 0) is 85.7 Å². The molecular formula is C45H60Cl2N4O10. The van der Waals surface area contributed by atoms with E-state index in [1.165, 1.54) is 40.5 Å². The second kappa shape index (κ2) is 22.1. The molecule has 0 radical (unpaired) electrons. The van der Waals surface area contributed by atoms with Gasteiger partial charge in [0.15, 0.2) is 24.5 Å². The number of amides is 1. The van der Waals surface area contributed by atoms with Crippen molar-refractivity contribution in [3.63, 3.8) is 0 Å². The zero-order valence-corrected chi connectivity index (χ0v) is 37.3. The molecule has 3 fully saturated rings. The summed E-state index contributed by atoms with van der Waals surface area (Å²) in [6.07, 6.45) is 6.53. The molecule has 3 aliphatic rings. The third kappa shape index (κ3) is 12.3. The SMILES string of the molecule is CC(=O)OC[C@H]1O[C@@H](n2cc(Cc3ccc(/C=C/CCN4CCCC5(CCN(C(=O)CN)CC5)C4)cc3)c3c(C)cccc32)[C@H](OC(C)=O)[C@@H](OC(C)=O)[C@@H]1OC(C)=O.Cl.Cl. The number of hydrogen-bond acceptors (Lipinski definition) is 12. The molecule has 0 saturated carbocycles. The maximum atomic E-state index is 12.6. The van der Waals surface area contributed by atoms with Crippen molar-refractivity contribution in [2.75, 3.05) is 45.9 Å². The molecule has 1 aromatic heterocycles. The first-order chi connectivity index (χ1) is 28.3. The smallest absolute Gasteiger partial charge is 0.303 e. The average Bonchev–Trinajstić information content (AvgIpc) is 3.56. The number of benzene rings is 2. The standard InChI is InChI=1S/C45H58N4O10.2ClH/c1-29-10-8-12-37-40(29)36(26-49(37)44-43(58-33(5)53)42(57-32(4)52)41(56-31(3)51)38(59-44)27-55-30(2)50)24-35-15-13-34(14-16-35)11-6-7-20-47-21-9-17-45(28-47)18-22-48(23-19-45)39(54)25-46;;/h6,8,10-16,26,38,41-44H,7,9,17-25,27-28,46H2,1-5H3;2*1H/b11-6+;;/t38-,41-,42+,43-,44-;;/m1../s1. The fourth-order valence-electron chi connectivity index (χ4n) is 9.07. The predicted octanol–water partition coefficient (Wildman–Crippen LogP) is 5.71. The van der Waals surface area contributed by atoms with Crippen molar-refractivity contribution >= 4 is 71.6 Å². The number of likely N-dealkylation sites (tertiary alicyclic amines) is 2. The zero-order valence-electron chi connectivity index (χ0n) is 35.7. The number of nitrogens with zero attached hydrogens (tertiary/aromatic N) is 3. The molecule has 1 spiro atoms. The number of aromatic nitrogens is 1. The minimum absolute atomic E-state index is 0. The highest BCUT2D eigenvalue weighted by Gasteiger charge is 2.53. The summed E-state index contributed by atoms with van der Waals surface area (Å²) in [4.78, 5) is 65.8. The number of carbonyl (C=O) groups is 5. The van der Waals surface area contributed by atoms with Crippen molar-refractivity contribution in [1.82, 2.24) is 14.4 Å². The van der Waals surface area contributed by atoms with E-state index in [1.807, 2.05) is 40.8 Å². The van der Waals surface area contributed by atoms with Gasteiger partial charge in [0, 0.05) is 65.5 Å². The lowest BCUT2D eigenvalue weighted by Crippen LogP contribution is -2.60. The van der Waals surface area contributed by atoms with Crippen LogP contribution in [0.15, 0.2) is 54.7 Å². The van der Waals surface area contributed by atoms with Crippen LogP contribution in [0.25, 0.3) is 17.0 Å². The highest BCUT2D eigenvalue weighted by molar-refractivity contribution is 5.88. The molecule has 3 aliphatic heterocycles. The lowest BCUT2D eigenvalue weighted by Gasteiger charge is -2.47. The molecule has 1 amide bonds. The van der Waals surface area contributed by atoms with E-state index in [4.69, 9.17) is 29.4 Å². The van der Waals surface area contributed by atoms with E-state index < -0.39 is 54.5 Å². The van der Waals surface area contributed by atoms with Crippen LogP contribution in [0.4, 0.5) is 0 Å². The second-order valence-corrected chi connectivity index (χ2v) is 16.2. The number of esters is 4. The summed E-state index contributed by atoms with van der Waals surface area (Å²) in [5, 5.41) is 0.985. The van der Waals surface area contributed by atoms with Gasteiger partial charge in [-0.15, -0.1) is 24.8 Å². The molecule has 0 unspecified atom stereocenters. The summed E-state index contributed by atoms with van der Waals surface area (Å²) in [6.45, 7) is 11.5. The Hall–Kier alpha value is -4.47. The highest BCUT2D eigenvalue weighted by Crippen LogP contribution is 2.41. The van der Waals surface area contributed by atoms with Crippen LogP contribution in [0.1, 0.15) is 88.3 Å². The van der Waals surface area contributed by atoms with E-state index in [1.54, 1.807) is 0 Å². The molecule has 6 rings (SSSR count). The van der Waals surface area contributed by atoms with Gasteiger partial charge in [0.05, 0.1) is 12.1 Å². The van der Waals surface area contributed by atoms with Crippen LogP contribution in [0.5, 0.6) is 0 Å². The summed E-state index contributed by atoms with van der Waals surface area (Å²) >= 11 is 0. The lowest BCUT2D eigenvalue weighted by atomic mass is 9.72. The Kier molecular flexibility index (Phi) is 17.8. The van der Waals surface area contributed by atoms with Crippen molar-refractivity contribution < 1.29 is 47.7 Å². The Labute approximate surface area is 370 Å². The summed E-state index contributed by atoms with van der Waals surface area (Å²) in [7, 11) is 0. The number of carbonyl (C=O) groups excluding carboxylic acids is 5. The van der Waals surface area contributed by atoms with Crippen LogP contribution in [0.3, 0.4) is 0 Å². The van der Waals surface area contributed by atoms with Crippen molar-refractivity contribution in [2.24, 2.45) is 11.1 Å². The molecule has 334 valence electrons. The first-order valence-corrected chi connectivity index (χ1v) is 20.6. The van der Waals surface area contributed by atoms with Gasteiger partial charge in [0.25, 0.3) is 0 Å². The van der Waals surface area contributed by atoms with Crippen LogP contribution < -0.4 is 5.73 Å². The number of piperidine rings is 2. The van der Waals surface area contributed by atoms with E-state index in [2.05, 4.69) is 41.3 Å². The van der Waals surface area contributed by atoms with Crippen LogP contribution >= 0.6 is 24.8 Å². The van der Waals surface area contributed by atoms with Crippen LogP contribution in [0, 0.1) is 12.3 Å². The molecular weight excluding hydrogens is 827 g/mol. The molecule has 14 nitrogen and oxygen atoms in total.